The predicted molar refractivity (Wildman–Crippen MR) is 79.0 cm³/mol. The number of carbonyl (C=O) groups is 2. The van der Waals surface area contributed by atoms with E-state index in [1.807, 2.05) is 0 Å². The van der Waals surface area contributed by atoms with Crippen molar-refractivity contribution in [3.8, 4) is 5.75 Å². The zero-order valence-electron chi connectivity index (χ0n) is 12.8. The summed E-state index contributed by atoms with van der Waals surface area (Å²) in [5, 5.41) is 3.14. The highest BCUT2D eigenvalue weighted by Crippen LogP contribution is 2.17. The van der Waals surface area contributed by atoms with Crippen LogP contribution in [0.5, 0.6) is 5.75 Å². The Morgan fingerprint density at radius 3 is 2.70 bits per heavy atom. The maximum Gasteiger partial charge on any atom is 0.409 e. The lowest BCUT2D eigenvalue weighted by molar-refractivity contribution is 0.0595. The summed E-state index contributed by atoms with van der Waals surface area (Å²) in [6, 6.07) is 3.76. The highest BCUT2D eigenvalue weighted by atomic mass is 19.1. The molecule has 1 aliphatic heterocycles. The minimum absolute atomic E-state index is 0.0632. The Kier molecular flexibility index (Phi) is 6.16. The first-order valence-corrected chi connectivity index (χ1v) is 7.25. The van der Waals surface area contributed by atoms with Crippen molar-refractivity contribution < 1.29 is 28.2 Å². The third kappa shape index (κ3) is 4.82. The topological polar surface area (TPSA) is 77.1 Å². The molecule has 23 heavy (non-hydrogen) atoms. The van der Waals surface area contributed by atoms with E-state index >= 15 is 0 Å². The standard InChI is InChI=1S/C15H19FN2O5/c1-21-14(19)12-10-11(2-3-13(12)16)22-8-9-23-15(20)18-6-4-17-5-7-18/h2-3,10,17H,4-9H2,1H3. The molecule has 1 saturated heterocycles. The average molecular weight is 326 g/mol. The molecule has 1 aromatic carbocycles. The molecule has 8 heteroatoms. The van der Waals surface area contributed by atoms with E-state index in [0.29, 0.717) is 18.8 Å². The number of carbonyl (C=O) groups excluding carboxylic acids is 2. The number of nitrogens with one attached hydrogen (secondary N) is 1. The van der Waals surface area contributed by atoms with Gasteiger partial charge in [-0.1, -0.05) is 0 Å². The second-order valence-electron chi connectivity index (χ2n) is 4.83. The maximum absolute atomic E-state index is 13.5. The van der Waals surface area contributed by atoms with Crippen molar-refractivity contribution in [1.29, 1.82) is 0 Å². The summed E-state index contributed by atoms with van der Waals surface area (Å²) in [5.74, 6) is -1.17. The highest BCUT2D eigenvalue weighted by molar-refractivity contribution is 5.90. The van der Waals surface area contributed by atoms with Crippen LogP contribution in [-0.2, 0) is 9.47 Å². The Balaban J connectivity index is 1.77. The molecule has 0 aromatic heterocycles. The zero-order chi connectivity index (χ0) is 16.7. The van der Waals surface area contributed by atoms with Gasteiger partial charge in [0.25, 0.3) is 0 Å². The summed E-state index contributed by atoms with van der Waals surface area (Å²) in [4.78, 5) is 24.7. The lowest BCUT2D eigenvalue weighted by atomic mass is 10.2. The van der Waals surface area contributed by atoms with Gasteiger partial charge in [0.15, 0.2) is 0 Å². The van der Waals surface area contributed by atoms with Crippen LogP contribution in [-0.4, -0.2) is 63.5 Å². The van der Waals surface area contributed by atoms with E-state index in [0.717, 1.165) is 19.2 Å². The maximum atomic E-state index is 13.5. The van der Waals surface area contributed by atoms with Crippen LogP contribution in [0, 0.1) is 5.82 Å². The quantitative estimate of drug-likeness (QED) is 0.643. The first-order valence-electron chi connectivity index (χ1n) is 7.25. The van der Waals surface area contributed by atoms with Gasteiger partial charge in [-0.3, -0.25) is 0 Å². The molecule has 7 nitrogen and oxygen atoms in total. The van der Waals surface area contributed by atoms with Crippen molar-refractivity contribution in [2.24, 2.45) is 0 Å². The molecule has 1 aliphatic rings. The van der Waals surface area contributed by atoms with Gasteiger partial charge in [-0.2, -0.15) is 0 Å². The Hall–Kier alpha value is -2.35. The Labute approximate surface area is 133 Å². The molecule has 0 saturated carbocycles. The number of benzene rings is 1. The average Bonchev–Trinajstić information content (AvgIpc) is 2.59. The van der Waals surface area contributed by atoms with Gasteiger partial charge in [0.1, 0.15) is 24.8 Å². The van der Waals surface area contributed by atoms with Crippen LogP contribution < -0.4 is 10.1 Å². The fourth-order valence-corrected chi connectivity index (χ4v) is 2.09. The molecule has 1 amide bonds. The van der Waals surface area contributed by atoms with Crippen LogP contribution in [0.1, 0.15) is 10.4 Å². The Morgan fingerprint density at radius 2 is 2.00 bits per heavy atom. The number of hydrogen-bond donors (Lipinski definition) is 1. The fourth-order valence-electron chi connectivity index (χ4n) is 2.09. The van der Waals surface area contributed by atoms with E-state index in [1.165, 1.54) is 19.2 Å². The molecule has 0 radical (unpaired) electrons. The molecular formula is C15H19FN2O5. The molecule has 0 atom stereocenters. The van der Waals surface area contributed by atoms with E-state index in [9.17, 15) is 14.0 Å². The number of halogens is 1. The van der Waals surface area contributed by atoms with Crippen molar-refractivity contribution in [2.45, 2.75) is 0 Å². The van der Waals surface area contributed by atoms with Gasteiger partial charge >= 0.3 is 12.1 Å². The number of ether oxygens (including phenoxy) is 3. The summed E-state index contributed by atoms with van der Waals surface area (Å²) in [7, 11) is 1.17. The molecule has 0 unspecified atom stereocenters. The number of piperazine rings is 1. The summed E-state index contributed by atoms with van der Waals surface area (Å²) in [5.41, 5.74) is -0.206. The Bertz CT molecular complexity index is 561. The number of esters is 1. The number of rotatable bonds is 5. The van der Waals surface area contributed by atoms with E-state index in [-0.39, 0.29) is 24.9 Å². The van der Waals surface area contributed by atoms with Gasteiger partial charge in [0.2, 0.25) is 0 Å². The predicted octanol–water partition coefficient (Wildman–Crippen LogP) is 1.03. The minimum Gasteiger partial charge on any atom is -0.490 e. The third-order valence-electron chi connectivity index (χ3n) is 3.30. The van der Waals surface area contributed by atoms with Gasteiger partial charge < -0.3 is 24.4 Å². The summed E-state index contributed by atoms with van der Waals surface area (Å²) < 4.78 is 28.4. The normalized spacial score (nSPS) is 14.3. The fraction of sp³-hybridized carbons (Fsp3) is 0.467. The lowest BCUT2D eigenvalue weighted by Crippen LogP contribution is -2.46. The van der Waals surface area contributed by atoms with Crippen molar-refractivity contribution in [3.63, 3.8) is 0 Å². The summed E-state index contributed by atoms with van der Waals surface area (Å²) in [6.45, 7) is 2.88. The molecule has 1 aromatic rings. The van der Waals surface area contributed by atoms with E-state index in [1.54, 1.807) is 4.90 Å². The van der Waals surface area contributed by atoms with Crippen molar-refractivity contribution in [2.75, 3.05) is 46.5 Å². The molecule has 0 bridgehead atoms. The van der Waals surface area contributed by atoms with Crippen LogP contribution in [0.25, 0.3) is 0 Å². The van der Waals surface area contributed by atoms with Gasteiger partial charge in [-0.05, 0) is 18.2 Å². The summed E-state index contributed by atoms with van der Waals surface area (Å²) in [6.07, 6.45) is -0.385. The van der Waals surface area contributed by atoms with Gasteiger partial charge in [0, 0.05) is 26.2 Å². The van der Waals surface area contributed by atoms with E-state index in [4.69, 9.17) is 9.47 Å². The largest absolute Gasteiger partial charge is 0.490 e. The second kappa shape index (κ2) is 8.33. The van der Waals surface area contributed by atoms with Gasteiger partial charge in [0.05, 0.1) is 12.7 Å². The van der Waals surface area contributed by atoms with Crippen molar-refractivity contribution >= 4 is 12.1 Å². The Morgan fingerprint density at radius 1 is 1.26 bits per heavy atom. The van der Waals surface area contributed by atoms with Crippen LogP contribution in [0.2, 0.25) is 0 Å². The summed E-state index contributed by atoms with van der Waals surface area (Å²) >= 11 is 0. The van der Waals surface area contributed by atoms with Gasteiger partial charge in [-0.15, -0.1) is 0 Å². The number of methoxy groups -OCH3 is 1. The molecule has 126 valence electrons. The lowest BCUT2D eigenvalue weighted by Gasteiger charge is -2.26. The first-order chi connectivity index (χ1) is 11.1. The molecule has 2 rings (SSSR count). The second-order valence-corrected chi connectivity index (χ2v) is 4.83. The van der Waals surface area contributed by atoms with Gasteiger partial charge in [-0.25, -0.2) is 14.0 Å². The molecule has 0 aliphatic carbocycles. The highest BCUT2D eigenvalue weighted by Gasteiger charge is 2.17. The number of nitrogens with zero attached hydrogens (tertiary/aromatic N) is 1. The smallest absolute Gasteiger partial charge is 0.409 e. The first kappa shape index (κ1) is 17.0. The number of amides is 1. The molecular weight excluding hydrogens is 307 g/mol. The minimum atomic E-state index is -0.780. The van der Waals surface area contributed by atoms with Crippen molar-refractivity contribution in [3.05, 3.63) is 29.6 Å². The van der Waals surface area contributed by atoms with Crippen molar-refractivity contribution in [1.82, 2.24) is 10.2 Å². The van der Waals surface area contributed by atoms with Crippen LogP contribution >= 0.6 is 0 Å². The molecule has 1 fully saturated rings. The van der Waals surface area contributed by atoms with Crippen LogP contribution in [0.4, 0.5) is 9.18 Å². The van der Waals surface area contributed by atoms with E-state index in [2.05, 4.69) is 10.1 Å². The monoisotopic (exact) mass is 326 g/mol. The zero-order valence-corrected chi connectivity index (χ0v) is 12.8. The molecule has 0 spiro atoms. The molecule has 1 N–H and O–H groups in total. The third-order valence-corrected chi connectivity index (χ3v) is 3.30. The van der Waals surface area contributed by atoms with Crippen LogP contribution in [0.3, 0.4) is 0 Å². The number of hydrogen-bond acceptors (Lipinski definition) is 6. The van der Waals surface area contributed by atoms with Crippen LogP contribution in [0.15, 0.2) is 18.2 Å². The van der Waals surface area contributed by atoms with E-state index < -0.39 is 11.8 Å². The SMILES string of the molecule is COC(=O)c1cc(OCCOC(=O)N2CCNCC2)ccc1F. The molecule has 1 heterocycles.